The van der Waals surface area contributed by atoms with Crippen LogP contribution in [0.3, 0.4) is 0 Å². The molecule has 0 amide bonds. The van der Waals surface area contributed by atoms with Gasteiger partial charge in [0.15, 0.2) is 0 Å². The Labute approximate surface area is 119 Å². The van der Waals surface area contributed by atoms with Crippen LogP contribution in [0.5, 0.6) is 0 Å². The predicted molar refractivity (Wildman–Crippen MR) is 80.7 cm³/mol. The summed E-state index contributed by atoms with van der Waals surface area (Å²) < 4.78 is 0. The van der Waals surface area contributed by atoms with Crippen molar-refractivity contribution < 1.29 is 0 Å². The van der Waals surface area contributed by atoms with Crippen LogP contribution >= 0.6 is 0 Å². The number of aryl methyl sites for hydroxylation is 1. The lowest BCUT2D eigenvalue weighted by atomic mass is 10.0. The molecule has 2 N–H and O–H groups in total. The van der Waals surface area contributed by atoms with Gasteiger partial charge < -0.3 is 15.2 Å². The highest BCUT2D eigenvalue weighted by atomic mass is 15.1. The zero-order chi connectivity index (χ0) is 13.9. The van der Waals surface area contributed by atoms with Crippen LogP contribution in [0.1, 0.15) is 18.4 Å². The third-order valence-electron chi connectivity index (χ3n) is 3.99. The number of pyridine rings is 1. The first-order chi connectivity index (χ1) is 9.74. The number of aromatic nitrogens is 3. The molecule has 1 aliphatic rings. The second-order valence-electron chi connectivity index (χ2n) is 5.54. The highest BCUT2D eigenvalue weighted by Gasteiger charge is 2.19. The molecule has 2 aromatic heterocycles. The Hall–Kier alpha value is -1.88. The number of hydrogen-bond donors (Lipinski definition) is 2. The quantitative estimate of drug-likeness (QED) is 0.899. The monoisotopic (exact) mass is 271 g/mol. The summed E-state index contributed by atoms with van der Waals surface area (Å²) in [5.74, 6) is 0.962. The summed E-state index contributed by atoms with van der Waals surface area (Å²) >= 11 is 0. The maximum Gasteiger partial charge on any atom is 0.135 e. The topological polar surface area (TPSA) is 56.8 Å². The fourth-order valence-electron chi connectivity index (χ4n) is 2.75. The molecule has 5 nitrogen and oxygen atoms in total. The van der Waals surface area contributed by atoms with Crippen LogP contribution in [-0.2, 0) is 0 Å². The molecule has 1 saturated heterocycles. The zero-order valence-electron chi connectivity index (χ0n) is 12.1. The minimum Gasteiger partial charge on any atom is -0.367 e. The zero-order valence-corrected chi connectivity index (χ0v) is 12.1. The Morgan fingerprint density at radius 2 is 2.15 bits per heavy atom. The lowest BCUT2D eigenvalue weighted by Crippen LogP contribution is -2.37. The van der Waals surface area contributed by atoms with Crippen molar-refractivity contribution in [2.75, 3.05) is 25.5 Å². The molecule has 0 aliphatic carbocycles. The predicted octanol–water partition coefficient (Wildman–Crippen LogP) is 2.29. The molecule has 20 heavy (non-hydrogen) atoms. The summed E-state index contributed by atoms with van der Waals surface area (Å²) in [6.07, 6.45) is 7.75. The van der Waals surface area contributed by atoms with Gasteiger partial charge in [0.1, 0.15) is 5.82 Å². The average Bonchev–Trinajstić information content (AvgIpc) is 2.95. The van der Waals surface area contributed by atoms with E-state index in [-0.39, 0.29) is 0 Å². The minimum absolute atomic E-state index is 0.502. The number of hydrogen-bond acceptors (Lipinski definition) is 4. The third-order valence-corrected chi connectivity index (χ3v) is 3.99. The molecular weight excluding hydrogens is 250 g/mol. The first-order valence-electron chi connectivity index (χ1n) is 7.13. The summed E-state index contributed by atoms with van der Waals surface area (Å²) in [6.45, 7) is 4.39. The number of nitrogens with one attached hydrogen (secondary N) is 2. The molecule has 0 unspecified atom stereocenters. The van der Waals surface area contributed by atoms with E-state index < -0.39 is 0 Å². The van der Waals surface area contributed by atoms with Crippen molar-refractivity contribution in [2.45, 2.75) is 25.8 Å². The van der Waals surface area contributed by atoms with Gasteiger partial charge in [0, 0.05) is 17.8 Å². The second-order valence-corrected chi connectivity index (χ2v) is 5.54. The van der Waals surface area contributed by atoms with Crippen LogP contribution in [0.4, 0.5) is 5.82 Å². The van der Waals surface area contributed by atoms with Crippen LogP contribution in [0.25, 0.3) is 11.3 Å². The fraction of sp³-hybridized carbons (Fsp3) is 0.467. The van der Waals surface area contributed by atoms with Gasteiger partial charge in [0.05, 0.1) is 18.2 Å². The van der Waals surface area contributed by atoms with E-state index in [0.717, 1.165) is 43.0 Å². The number of H-pyrrole nitrogens is 1. The summed E-state index contributed by atoms with van der Waals surface area (Å²) in [7, 11) is 2.18. The number of aromatic amines is 1. The van der Waals surface area contributed by atoms with E-state index in [1.807, 2.05) is 18.5 Å². The largest absolute Gasteiger partial charge is 0.367 e. The van der Waals surface area contributed by atoms with Gasteiger partial charge in [-0.15, -0.1) is 0 Å². The van der Waals surface area contributed by atoms with Crippen molar-refractivity contribution in [3.63, 3.8) is 0 Å². The van der Waals surface area contributed by atoms with Gasteiger partial charge in [-0.2, -0.15) is 0 Å². The SMILES string of the molecule is Cc1ccnc(NC2CCN(C)CC2)c1-c1cnc[nH]1. The van der Waals surface area contributed by atoms with Crippen molar-refractivity contribution in [1.29, 1.82) is 0 Å². The molecule has 0 aromatic carbocycles. The Morgan fingerprint density at radius 3 is 2.85 bits per heavy atom. The van der Waals surface area contributed by atoms with Crippen molar-refractivity contribution >= 4 is 5.82 Å². The Kier molecular flexibility index (Phi) is 3.69. The Balaban J connectivity index is 1.85. The normalized spacial score (nSPS) is 17.3. The summed E-state index contributed by atoms with van der Waals surface area (Å²) in [5, 5.41) is 3.61. The van der Waals surface area contributed by atoms with Crippen molar-refractivity contribution in [3.8, 4) is 11.3 Å². The average molecular weight is 271 g/mol. The molecule has 1 aliphatic heterocycles. The smallest absolute Gasteiger partial charge is 0.135 e. The van der Waals surface area contributed by atoms with Crippen LogP contribution in [0.15, 0.2) is 24.8 Å². The number of likely N-dealkylation sites (tertiary alicyclic amines) is 1. The van der Waals surface area contributed by atoms with Crippen molar-refractivity contribution in [2.24, 2.45) is 0 Å². The van der Waals surface area contributed by atoms with Gasteiger partial charge in [-0.3, -0.25) is 0 Å². The van der Waals surface area contributed by atoms with E-state index in [1.165, 1.54) is 5.56 Å². The molecule has 0 atom stereocenters. The molecule has 3 rings (SSSR count). The first-order valence-corrected chi connectivity index (χ1v) is 7.13. The van der Waals surface area contributed by atoms with Gasteiger partial charge in [-0.05, 0) is 51.5 Å². The van der Waals surface area contributed by atoms with E-state index in [0.29, 0.717) is 6.04 Å². The summed E-state index contributed by atoms with van der Waals surface area (Å²) in [4.78, 5) is 14.2. The van der Waals surface area contributed by atoms with E-state index >= 15 is 0 Å². The van der Waals surface area contributed by atoms with E-state index in [4.69, 9.17) is 0 Å². The van der Waals surface area contributed by atoms with E-state index in [1.54, 1.807) is 6.33 Å². The number of rotatable bonds is 3. The van der Waals surface area contributed by atoms with E-state index in [9.17, 15) is 0 Å². The molecule has 0 spiro atoms. The fourth-order valence-corrected chi connectivity index (χ4v) is 2.75. The molecule has 0 radical (unpaired) electrons. The number of anilines is 1. The van der Waals surface area contributed by atoms with Crippen LogP contribution in [-0.4, -0.2) is 46.0 Å². The Bertz CT molecular complexity index is 556. The molecule has 0 saturated carbocycles. The molecular formula is C15H21N5. The van der Waals surface area contributed by atoms with Gasteiger partial charge in [0.2, 0.25) is 0 Å². The third kappa shape index (κ3) is 2.67. The first kappa shape index (κ1) is 13.1. The lowest BCUT2D eigenvalue weighted by Gasteiger charge is -2.30. The molecule has 3 heterocycles. The van der Waals surface area contributed by atoms with Gasteiger partial charge >= 0.3 is 0 Å². The summed E-state index contributed by atoms with van der Waals surface area (Å²) in [5.41, 5.74) is 3.36. The standard InChI is InChI=1S/C15H21N5/c1-11-3-6-17-15(14(11)13-9-16-10-18-13)19-12-4-7-20(2)8-5-12/h3,6,9-10,12H,4-5,7-8H2,1-2H3,(H,16,18)(H,17,19). The van der Waals surface area contributed by atoms with Gasteiger partial charge in [-0.1, -0.05) is 0 Å². The Morgan fingerprint density at radius 1 is 1.35 bits per heavy atom. The number of piperidine rings is 1. The molecule has 106 valence electrons. The lowest BCUT2D eigenvalue weighted by molar-refractivity contribution is 0.263. The molecule has 2 aromatic rings. The van der Waals surface area contributed by atoms with Crippen LogP contribution in [0.2, 0.25) is 0 Å². The minimum atomic E-state index is 0.502. The highest BCUT2D eigenvalue weighted by Crippen LogP contribution is 2.29. The molecule has 1 fully saturated rings. The molecule has 0 bridgehead atoms. The number of nitrogens with zero attached hydrogens (tertiary/aromatic N) is 3. The number of imidazole rings is 1. The highest BCUT2D eigenvalue weighted by molar-refractivity contribution is 5.75. The second kappa shape index (κ2) is 5.63. The van der Waals surface area contributed by atoms with Crippen molar-refractivity contribution in [3.05, 3.63) is 30.4 Å². The van der Waals surface area contributed by atoms with Crippen molar-refractivity contribution in [1.82, 2.24) is 19.9 Å². The summed E-state index contributed by atoms with van der Waals surface area (Å²) in [6, 6.07) is 2.54. The van der Waals surface area contributed by atoms with E-state index in [2.05, 4.69) is 39.1 Å². The van der Waals surface area contributed by atoms with Crippen LogP contribution in [0, 0.1) is 6.92 Å². The van der Waals surface area contributed by atoms with Gasteiger partial charge in [0.25, 0.3) is 0 Å². The molecule has 5 heteroatoms. The van der Waals surface area contributed by atoms with Gasteiger partial charge in [-0.25, -0.2) is 9.97 Å². The van der Waals surface area contributed by atoms with Crippen LogP contribution < -0.4 is 5.32 Å². The maximum absolute atomic E-state index is 4.54. The maximum atomic E-state index is 4.54.